The molecule has 10 heteroatoms. The highest BCUT2D eigenvalue weighted by atomic mass is 35.5. The van der Waals surface area contributed by atoms with Crippen molar-refractivity contribution in [3.05, 3.63) is 63.0 Å². The Kier molecular flexibility index (Phi) is 6.40. The van der Waals surface area contributed by atoms with Gasteiger partial charge in [-0.05, 0) is 43.2 Å². The van der Waals surface area contributed by atoms with Gasteiger partial charge in [0, 0.05) is 37.3 Å². The van der Waals surface area contributed by atoms with Crippen molar-refractivity contribution in [3.63, 3.8) is 0 Å². The van der Waals surface area contributed by atoms with Gasteiger partial charge in [-0.3, -0.25) is 4.79 Å². The van der Waals surface area contributed by atoms with E-state index < -0.39 is 21.6 Å². The molecule has 0 atom stereocenters. The molecule has 0 aliphatic heterocycles. The molecule has 0 aliphatic carbocycles. The smallest absolute Gasteiger partial charge is 0.336 e. The molecule has 2 aromatic carbocycles. The first-order valence-electron chi connectivity index (χ1n) is 9.19. The summed E-state index contributed by atoms with van der Waals surface area (Å²) in [7, 11) is -0.787. The summed E-state index contributed by atoms with van der Waals surface area (Å²) in [6.07, 6.45) is 0. The molecular formula is C21H21ClN2O6S. The molecule has 0 saturated carbocycles. The number of hydrogen-bond acceptors (Lipinski definition) is 6. The van der Waals surface area contributed by atoms with Crippen LogP contribution in [0.4, 0.5) is 5.69 Å². The third kappa shape index (κ3) is 4.90. The summed E-state index contributed by atoms with van der Waals surface area (Å²) in [5.74, 6) is -0.336. The number of aryl methyl sites for hydroxylation is 2. The van der Waals surface area contributed by atoms with Crippen LogP contribution in [0.5, 0.6) is 5.75 Å². The molecule has 3 aromatic rings. The summed E-state index contributed by atoms with van der Waals surface area (Å²) >= 11 is 6.23. The Balaban J connectivity index is 1.77. The number of ether oxygens (including phenoxy) is 1. The molecule has 0 bridgehead atoms. The van der Waals surface area contributed by atoms with Gasteiger partial charge in [0.15, 0.2) is 6.61 Å². The fourth-order valence-corrected chi connectivity index (χ4v) is 4.29. The molecule has 1 N–H and O–H groups in total. The summed E-state index contributed by atoms with van der Waals surface area (Å²) in [5.41, 5.74) is 1.37. The lowest BCUT2D eigenvalue weighted by atomic mass is 10.1. The third-order valence-corrected chi connectivity index (χ3v) is 6.85. The number of nitrogens with zero attached hydrogens (tertiary/aromatic N) is 1. The van der Waals surface area contributed by atoms with Gasteiger partial charge in [-0.2, -0.15) is 0 Å². The number of rotatable bonds is 6. The number of anilines is 1. The molecule has 0 radical (unpaired) electrons. The van der Waals surface area contributed by atoms with Crippen molar-refractivity contribution in [2.24, 2.45) is 0 Å². The van der Waals surface area contributed by atoms with Gasteiger partial charge >= 0.3 is 5.63 Å². The maximum Gasteiger partial charge on any atom is 0.336 e. The van der Waals surface area contributed by atoms with Gasteiger partial charge in [-0.15, -0.1) is 0 Å². The van der Waals surface area contributed by atoms with Gasteiger partial charge < -0.3 is 14.5 Å². The predicted octanol–water partition coefficient (Wildman–Crippen LogP) is 3.33. The van der Waals surface area contributed by atoms with Crippen molar-refractivity contribution in [1.29, 1.82) is 0 Å². The molecule has 31 heavy (non-hydrogen) atoms. The average Bonchev–Trinajstić information content (AvgIpc) is 2.68. The highest BCUT2D eigenvalue weighted by Crippen LogP contribution is 2.31. The highest BCUT2D eigenvalue weighted by molar-refractivity contribution is 7.89. The number of hydrogen-bond donors (Lipinski definition) is 1. The Hall–Kier alpha value is -2.88. The largest absolute Gasteiger partial charge is 0.482 e. The lowest BCUT2D eigenvalue weighted by Gasteiger charge is -2.15. The van der Waals surface area contributed by atoms with Crippen LogP contribution in [0, 0.1) is 13.8 Å². The Labute approximate surface area is 184 Å². The maximum absolute atomic E-state index is 12.4. The molecule has 1 amide bonds. The van der Waals surface area contributed by atoms with E-state index >= 15 is 0 Å². The third-order valence-electron chi connectivity index (χ3n) is 4.59. The van der Waals surface area contributed by atoms with Crippen LogP contribution in [0.3, 0.4) is 0 Å². The molecule has 164 valence electrons. The molecular weight excluding hydrogens is 444 g/mol. The summed E-state index contributed by atoms with van der Waals surface area (Å²) in [5, 5.41) is 3.52. The van der Waals surface area contributed by atoms with Gasteiger partial charge in [0.1, 0.15) is 11.3 Å². The van der Waals surface area contributed by atoms with Crippen LogP contribution in [0.1, 0.15) is 11.1 Å². The van der Waals surface area contributed by atoms with Crippen LogP contribution < -0.4 is 15.7 Å². The Bertz CT molecular complexity index is 1330. The zero-order valence-corrected chi connectivity index (χ0v) is 18.9. The van der Waals surface area contributed by atoms with Gasteiger partial charge in [-0.25, -0.2) is 17.5 Å². The Morgan fingerprint density at radius 1 is 1.13 bits per heavy atom. The van der Waals surface area contributed by atoms with E-state index in [-0.39, 0.29) is 22.3 Å². The Morgan fingerprint density at radius 2 is 1.84 bits per heavy atom. The number of halogens is 1. The molecule has 0 aliphatic rings. The SMILES string of the molecule is Cc1ccc(NC(=O)COc2cc3oc(=O)cc(C)c3cc2Cl)cc1S(=O)(=O)N(C)C. The lowest BCUT2D eigenvalue weighted by Crippen LogP contribution is -2.24. The van der Waals surface area contributed by atoms with E-state index in [0.29, 0.717) is 27.8 Å². The lowest BCUT2D eigenvalue weighted by molar-refractivity contribution is -0.118. The minimum atomic E-state index is -3.66. The topological polar surface area (TPSA) is 106 Å². The summed E-state index contributed by atoms with van der Waals surface area (Å²) in [6.45, 7) is 3.05. The van der Waals surface area contributed by atoms with Crippen LogP contribution in [0.25, 0.3) is 11.0 Å². The zero-order chi connectivity index (χ0) is 22.9. The second kappa shape index (κ2) is 8.70. The fraction of sp³-hybridized carbons (Fsp3) is 0.238. The molecule has 1 heterocycles. The number of nitrogens with one attached hydrogen (secondary N) is 1. The van der Waals surface area contributed by atoms with Crippen molar-refractivity contribution in [2.45, 2.75) is 18.7 Å². The van der Waals surface area contributed by atoms with E-state index in [4.69, 9.17) is 20.8 Å². The number of amides is 1. The van der Waals surface area contributed by atoms with Crippen LogP contribution >= 0.6 is 11.6 Å². The molecule has 0 fully saturated rings. The summed E-state index contributed by atoms with van der Waals surface area (Å²) in [4.78, 5) is 24.0. The molecule has 3 rings (SSSR count). The summed E-state index contributed by atoms with van der Waals surface area (Å²) < 4.78 is 36.6. The van der Waals surface area contributed by atoms with Crippen molar-refractivity contribution in [1.82, 2.24) is 4.31 Å². The van der Waals surface area contributed by atoms with E-state index in [9.17, 15) is 18.0 Å². The van der Waals surface area contributed by atoms with Crippen LogP contribution in [0.2, 0.25) is 5.02 Å². The van der Waals surface area contributed by atoms with Crippen molar-refractivity contribution < 1.29 is 22.4 Å². The van der Waals surface area contributed by atoms with Crippen LogP contribution in [-0.4, -0.2) is 39.3 Å². The van der Waals surface area contributed by atoms with Crippen LogP contribution in [-0.2, 0) is 14.8 Å². The maximum atomic E-state index is 12.4. The molecule has 1 aromatic heterocycles. The van der Waals surface area contributed by atoms with E-state index in [0.717, 1.165) is 4.31 Å². The molecule has 0 saturated heterocycles. The van der Waals surface area contributed by atoms with Crippen molar-refractivity contribution in [2.75, 3.05) is 26.0 Å². The highest BCUT2D eigenvalue weighted by Gasteiger charge is 2.20. The normalized spacial score (nSPS) is 11.7. The van der Waals surface area contributed by atoms with E-state index in [2.05, 4.69) is 5.32 Å². The van der Waals surface area contributed by atoms with Crippen LogP contribution in [0.15, 0.2) is 50.5 Å². The fourth-order valence-electron chi connectivity index (χ4n) is 2.92. The molecule has 8 nitrogen and oxygen atoms in total. The number of carbonyl (C=O) groups is 1. The molecule has 0 unspecified atom stereocenters. The average molecular weight is 465 g/mol. The standard InChI is InChI=1S/C21H21ClN2O6S/c1-12-5-6-14(8-19(12)31(27,28)24(3)4)23-20(25)11-29-18-10-17-15(9-16(18)22)13(2)7-21(26)30-17/h5-10H,11H2,1-4H3,(H,23,25). The van der Waals surface area contributed by atoms with E-state index in [1.807, 2.05) is 0 Å². The first kappa shape index (κ1) is 22.8. The second-order valence-corrected chi connectivity index (χ2v) is 9.66. The van der Waals surface area contributed by atoms with Gasteiger partial charge in [0.25, 0.3) is 5.91 Å². The number of benzene rings is 2. The van der Waals surface area contributed by atoms with E-state index in [1.165, 1.54) is 32.3 Å². The minimum Gasteiger partial charge on any atom is -0.482 e. The monoisotopic (exact) mass is 464 g/mol. The van der Waals surface area contributed by atoms with Gasteiger partial charge in [0.2, 0.25) is 10.0 Å². The van der Waals surface area contributed by atoms with E-state index in [1.54, 1.807) is 32.0 Å². The quantitative estimate of drug-likeness (QED) is 0.561. The van der Waals surface area contributed by atoms with Crippen molar-refractivity contribution in [3.8, 4) is 5.75 Å². The Morgan fingerprint density at radius 3 is 2.52 bits per heavy atom. The predicted molar refractivity (Wildman–Crippen MR) is 118 cm³/mol. The second-order valence-electron chi connectivity index (χ2n) is 7.13. The minimum absolute atomic E-state index is 0.0965. The number of carbonyl (C=O) groups excluding carboxylic acids is 1. The first-order valence-corrected chi connectivity index (χ1v) is 11.0. The molecule has 0 spiro atoms. The van der Waals surface area contributed by atoms with Crippen molar-refractivity contribution >= 4 is 44.2 Å². The number of fused-ring (bicyclic) bond motifs is 1. The summed E-state index contributed by atoms with van der Waals surface area (Å²) in [6, 6.07) is 9.01. The van der Waals surface area contributed by atoms with Gasteiger partial charge in [0.05, 0.1) is 9.92 Å². The van der Waals surface area contributed by atoms with Gasteiger partial charge in [-0.1, -0.05) is 17.7 Å². The first-order chi connectivity index (χ1) is 14.5. The zero-order valence-electron chi connectivity index (χ0n) is 17.4. The number of sulfonamides is 1.